The normalized spacial score (nSPS) is 12.0. The van der Waals surface area contributed by atoms with E-state index in [1.165, 1.54) is 11.4 Å². The highest BCUT2D eigenvalue weighted by atomic mass is 79.9. The minimum atomic E-state index is -3.65. The Kier molecular flexibility index (Phi) is 4.48. The van der Waals surface area contributed by atoms with Crippen LogP contribution in [-0.2, 0) is 16.6 Å². The first-order valence-corrected chi connectivity index (χ1v) is 8.76. The van der Waals surface area contributed by atoms with Gasteiger partial charge in [0.25, 0.3) is 10.0 Å². The standard InChI is InChI=1S/C12H13BrN2O3S2/c1-8-11(19-12(16)14-8)20(17,18)15(2)7-9-4-3-5-10(13)6-9/h3-6H,7H2,1-2H3,(H,14,16). The maximum atomic E-state index is 12.4. The lowest BCUT2D eigenvalue weighted by Gasteiger charge is -2.16. The Morgan fingerprint density at radius 1 is 1.40 bits per heavy atom. The average molecular weight is 377 g/mol. The molecule has 20 heavy (non-hydrogen) atoms. The predicted molar refractivity (Wildman–Crippen MR) is 82.5 cm³/mol. The van der Waals surface area contributed by atoms with Gasteiger partial charge in [-0.1, -0.05) is 39.4 Å². The molecule has 2 rings (SSSR count). The number of H-pyrrole nitrogens is 1. The molecule has 0 spiro atoms. The molecule has 0 atom stereocenters. The second-order valence-corrected chi connectivity index (χ2v) is 8.46. The Balaban J connectivity index is 2.30. The number of rotatable bonds is 4. The van der Waals surface area contributed by atoms with Gasteiger partial charge in [-0.05, 0) is 24.6 Å². The fourth-order valence-corrected chi connectivity index (χ4v) is 4.85. The number of nitrogens with zero attached hydrogens (tertiary/aromatic N) is 1. The van der Waals surface area contributed by atoms with Gasteiger partial charge >= 0.3 is 4.87 Å². The minimum Gasteiger partial charge on any atom is -0.315 e. The number of aromatic nitrogens is 1. The summed E-state index contributed by atoms with van der Waals surface area (Å²) in [6, 6.07) is 7.43. The van der Waals surface area contributed by atoms with Crippen molar-refractivity contribution >= 4 is 37.3 Å². The molecule has 1 heterocycles. The SMILES string of the molecule is Cc1[nH]c(=O)sc1S(=O)(=O)N(C)Cc1cccc(Br)c1. The maximum absolute atomic E-state index is 12.4. The summed E-state index contributed by atoms with van der Waals surface area (Å²) in [6.07, 6.45) is 0. The Morgan fingerprint density at radius 2 is 2.10 bits per heavy atom. The van der Waals surface area contributed by atoms with Crippen molar-refractivity contribution in [3.8, 4) is 0 Å². The first-order chi connectivity index (χ1) is 9.30. The van der Waals surface area contributed by atoms with Gasteiger partial charge in [-0.2, -0.15) is 4.31 Å². The lowest BCUT2D eigenvalue weighted by atomic mass is 10.2. The third kappa shape index (κ3) is 3.20. The highest BCUT2D eigenvalue weighted by molar-refractivity contribution is 9.10. The third-order valence-electron chi connectivity index (χ3n) is 2.72. The van der Waals surface area contributed by atoms with Crippen molar-refractivity contribution in [3.05, 3.63) is 49.7 Å². The molecular weight excluding hydrogens is 364 g/mol. The van der Waals surface area contributed by atoms with Gasteiger partial charge in [0.15, 0.2) is 4.21 Å². The van der Waals surface area contributed by atoms with E-state index in [4.69, 9.17) is 0 Å². The smallest absolute Gasteiger partial charge is 0.305 e. The van der Waals surface area contributed by atoms with Crippen molar-refractivity contribution in [1.82, 2.24) is 9.29 Å². The summed E-state index contributed by atoms with van der Waals surface area (Å²) in [5, 5.41) is 0. The van der Waals surface area contributed by atoms with Gasteiger partial charge in [0.1, 0.15) is 0 Å². The number of thiazole rings is 1. The molecule has 8 heteroatoms. The number of sulfonamides is 1. The van der Waals surface area contributed by atoms with E-state index in [9.17, 15) is 13.2 Å². The number of aryl methyl sites for hydroxylation is 1. The summed E-state index contributed by atoms with van der Waals surface area (Å²) >= 11 is 4.06. The molecule has 0 radical (unpaired) electrons. The maximum Gasteiger partial charge on any atom is 0.305 e. The van der Waals surface area contributed by atoms with E-state index >= 15 is 0 Å². The fraction of sp³-hybridized carbons (Fsp3) is 0.250. The molecule has 0 saturated heterocycles. The molecule has 2 aromatic rings. The van der Waals surface area contributed by atoms with Crippen LogP contribution in [0.25, 0.3) is 0 Å². The van der Waals surface area contributed by atoms with Crippen LogP contribution in [0.4, 0.5) is 0 Å². The van der Waals surface area contributed by atoms with Crippen molar-refractivity contribution in [2.45, 2.75) is 17.7 Å². The monoisotopic (exact) mass is 376 g/mol. The van der Waals surface area contributed by atoms with Gasteiger partial charge in [-0.15, -0.1) is 0 Å². The first kappa shape index (κ1) is 15.4. The van der Waals surface area contributed by atoms with E-state index in [0.717, 1.165) is 10.0 Å². The lowest BCUT2D eigenvalue weighted by molar-refractivity contribution is 0.468. The molecule has 108 valence electrons. The van der Waals surface area contributed by atoms with Crippen LogP contribution >= 0.6 is 27.3 Å². The van der Waals surface area contributed by atoms with E-state index in [-0.39, 0.29) is 15.6 Å². The fourth-order valence-electron chi connectivity index (χ4n) is 1.76. The summed E-state index contributed by atoms with van der Waals surface area (Å²) in [5.41, 5.74) is 1.24. The predicted octanol–water partition coefficient (Wildman–Crippen LogP) is 2.33. The largest absolute Gasteiger partial charge is 0.315 e. The zero-order chi connectivity index (χ0) is 14.9. The Morgan fingerprint density at radius 3 is 2.65 bits per heavy atom. The zero-order valence-corrected chi connectivity index (χ0v) is 14.1. The van der Waals surface area contributed by atoms with Crippen molar-refractivity contribution < 1.29 is 8.42 Å². The van der Waals surface area contributed by atoms with Crippen LogP contribution in [0.5, 0.6) is 0 Å². The Labute approximate surface area is 129 Å². The quantitative estimate of drug-likeness (QED) is 0.889. The van der Waals surface area contributed by atoms with Gasteiger partial charge < -0.3 is 4.98 Å². The molecule has 0 fully saturated rings. The third-order valence-corrected chi connectivity index (χ3v) is 6.60. The van der Waals surface area contributed by atoms with Gasteiger partial charge in [-0.3, -0.25) is 4.79 Å². The van der Waals surface area contributed by atoms with Crippen LogP contribution in [0.15, 0.2) is 37.7 Å². The summed E-state index contributed by atoms with van der Waals surface area (Å²) in [5.74, 6) is 0. The van der Waals surface area contributed by atoms with Crippen LogP contribution in [0.2, 0.25) is 0 Å². The van der Waals surface area contributed by atoms with Gasteiger partial charge in [-0.25, -0.2) is 8.42 Å². The van der Waals surface area contributed by atoms with Crippen LogP contribution in [0.1, 0.15) is 11.3 Å². The minimum absolute atomic E-state index is 0.0694. The summed E-state index contributed by atoms with van der Waals surface area (Å²) < 4.78 is 27.0. The number of hydrogen-bond acceptors (Lipinski definition) is 4. The molecule has 0 aliphatic carbocycles. The zero-order valence-electron chi connectivity index (χ0n) is 10.9. The van der Waals surface area contributed by atoms with Gasteiger partial charge in [0, 0.05) is 23.8 Å². The van der Waals surface area contributed by atoms with E-state index in [1.54, 1.807) is 6.92 Å². The summed E-state index contributed by atoms with van der Waals surface area (Å²) in [7, 11) is -2.15. The molecule has 5 nitrogen and oxygen atoms in total. The Bertz CT molecular complexity index is 780. The van der Waals surface area contributed by atoms with E-state index < -0.39 is 10.0 Å². The van der Waals surface area contributed by atoms with Crippen molar-refractivity contribution in [1.29, 1.82) is 0 Å². The number of aromatic amines is 1. The van der Waals surface area contributed by atoms with Crippen molar-refractivity contribution in [3.63, 3.8) is 0 Å². The van der Waals surface area contributed by atoms with Crippen LogP contribution in [0, 0.1) is 6.92 Å². The molecule has 0 aliphatic rings. The van der Waals surface area contributed by atoms with E-state index in [1.807, 2.05) is 24.3 Å². The molecule has 0 unspecified atom stereocenters. The second kappa shape index (κ2) is 5.80. The molecule has 1 N–H and O–H groups in total. The summed E-state index contributed by atoms with van der Waals surface area (Å²) in [6.45, 7) is 1.82. The second-order valence-electron chi connectivity index (χ2n) is 4.32. The van der Waals surface area contributed by atoms with Crippen molar-refractivity contribution in [2.75, 3.05) is 7.05 Å². The molecular formula is C12H13BrN2O3S2. The molecule has 1 aromatic carbocycles. The number of halogens is 1. The molecule has 1 aromatic heterocycles. The molecule has 0 bridgehead atoms. The van der Waals surface area contributed by atoms with Gasteiger partial charge in [0.05, 0.1) is 0 Å². The van der Waals surface area contributed by atoms with Gasteiger partial charge in [0.2, 0.25) is 0 Å². The Hall–Kier alpha value is -0.960. The molecule has 0 saturated carbocycles. The van der Waals surface area contributed by atoms with Crippen molar-refractivity contribution in [2.24, 2.45) is 0 Å². The number of nitrogens with one attached hydrogen (secondary N) is 1. The highest BCUT2D eigenvalue weighted by Crippen LogP contribution is 2.22. The van der Waals surface area contributed by atoms with E-state index in [2.05, 4.69) is 20.9 Å². The molecule has 0 amide bonds. The van der Waals surface area contributed by atoms with Crippen LogP contribution < -0.4 is 4.87 Å². The number of hydrogen-bond donors (Lipinski definition) is 1. The topological polar surface area (TPSA) is 70.2 Å². The average Bonchev–Trinajstić information content (AvgIpc) is 2.69. The molecule has 0 aliphatic heterocycles. The van der Waals surface area contributed by atoms with Crippen LogP contribution in [0.3, 0.4) is 0 Å². The highest BCUT2D eigenvalue weighted by Gasteiger charge is 2.25. The number of benzene rings is 1. The van der Waals surface area contributed by atoms with Crippen LogP contribution in [-0.4, -0.2) is 24.8 Å². The first-order valence-electron chi connectivity index (χ1n) is 5.71. The lowest BCUT2D eigenvalue weighted by Crippen LogP contribution is -2.26. The van der Waals surface area contributed by atoms with E-state index in [0.29, 0.717) is 17.0 Å². The summed E-state index contributed by atoms with van der Waals surface area (Å²) in [4.78, 5) is 13.4.